The monoisotopic (exact) mass is 262 g/mol. The van der Waals surface area contributed by atoms with Crippen molar-refractivity contribution in [1.82, 2.24) is 10.3 Å². The molecule has 2 aromatic rings. The molecule has 6 heteroatoms. The van der Waals surface area contributed by atoms with E-state index in [0.717, 1.165) is 5.56 Å². The molecule has 0 unspecified atom stereocenters. The van der Waals surface area contributed by atoms with Crippen molar-refractivity contribution in [2.24, 2.45) is 0 Å². The second kappa shape index (κ2) is 6.01. The van der Waals surface area contributed by atoms with Crippen LogP contribution in [0.25, 0.3) is 0 Å². The van der Waals surface area contributed by atoms with Crippen LogP contribution in [0.15, 0.2) is 35.1 Å². The van der Waals surface area contributed by atoms with Crippen molar-refractivity contribution < 1.29 is 19.1 Å². The van der Waals surface area contributed by atoms with Gasteiger partial charge in [0, 0.05) is 18.3 Å². The molecule has 0 saturated heterocycles. The number of rotatable bonds is 6. The number of furan rings is 1. The third-order valence-corrected chi connectivity index (χ3v) is 2.56. The number of nitrogens with one attached hydrogen (secondary N) is 1. The van der Waals surface area contributed by atoms with E-state index in [2.05, 4.69) is 10.3 Å². The summed E-state index contributed by atoms with van der Waals surface area (Å²) in [7, 11) is 1.57. The number of hydrogen-bond acceptors (Lipinski definition) is 5. The van der Waals surface area contributed by atoms with E-state index in [0.29, 0.717) is 24.7 Å². The maximum absolute atomic E-state index is 10.7. The predicted molar refractivity (Wildman–Crippen MR) is 67.0 cm³/mol. The summed E-state index contributed by atoms with van der Waals surface area (Å²) >= 11 is 0. The van der Waals surface area contributed by atoms with Crippen LogP contribution >= 0.6 is 0 Å². The fraction of sp³-hybridized carbons (Fsp3) is 0.231. The summed E-state index contributed by atoms with van der Waals surface area (Å²) < 4.78 is 10.3. The minimum atomic E-state index is -0.996. The van der Waals surface area contributed by atoms with Crippen LogP contribution in [-0.2, 0) is 13.1 Å². The SMILES string of the molecule is COc1ncccc1CNCc1cc(C(=O)O)co1. The summed E-state index contributed by atoms with van der Waals surface area (Å²) in [6.45, 7) is 0.992. The first-order valence-corrected chi connectivity index (χ1v) is 5.70. The molecule has 0 bridgehead atoms. The number of aromatic nitrogens is 1. The predicted octanol–water partition coefficient (Wildman–Crippen LogP) is 1.67. The van der Waals surface area contributed by atoms with Gasteiger partial charge in [-0.25, -0.2) is 9.78 Å². The number of carbonyl (C=O) groups is 1. The fourth-order valence-corrected chi connectivity index (χ4v) is 1.65. The van der Waals surface area contributed by atoms with Gasteiger partial charge in [0.2, 0.25) is 5.88 Å². The molecular formula is C13H14N2O4. The van der Waals surface area contributed by atoms with Crippen LogP contribution in [0.1, 0.15) is 21.7 Å². The number of ether oxygens (including phenoxy) is 1. The first-order valence-electron chi connectivity index (χ1n) is 5.70. The molecule has 6 nitrogen and oxygen atoms in total. The zero-order valence-electron chi connectivity index (χ0n) is 10.4. The molecule has 2 rings (SSSR count). The van der Waals surface area contributed by atoms with Crippen molar-refractivity contribution in [2.45, 2.75) is 13.1 Å². The van der Waals surface area contributed by atoms with Crippen molar-refractivity contribution in [3.63, 3.8) is 0 Å². The number of hydrogen-bond donors (Lipinski definition) is 2. The average Bonchev–Trinajstić information content (AvgIpc) is 2.88. The van der Waals surface area contributed by atoms with Crippen molar-refractivity contribution in [3.05, 3.63) is 47.5 Å². The van der Waals surface area contributed by atoms with Crippen molar-refractivity contribution in [3.8, 4) is 5.88 Å². The Morgan fingerprint density at radius 1 is 1.53 bits per heavy atom. The summed E-state index contributed by atoms with van der Waals surface area (Å²) in [6, 6.07) is 5.23. The molecule has 0 fully saturated rings. The first-order chi connectivity index (χ1) is 9.20. The average molecular weight is 262 g/mol. The van der Waals surface area contributed by atoms with Gasteiger partial charge in [0.25, 0.3) is 0 Å². The number of methoxy groups -OCH3 is 1. The molecule has 0 radical (unpaired) electrons. The van der Waals surface area contributed by atoms with Gasteiger partial charge in [-0.1, -0.05) is 6.07 Å². The molecule has 100 valence electrons. The lowest BCUT2D eigenvalue weighted by atomic mass is 10.2. The van der Waals surface area contributed by atoms with Gasteiger partial charge in [-0.3, -0.25) is 0 Å². The number of nitrogens with zero attached hydrogens (tertiary/aromatic N) is 1. The highest BCUT2D eigenvalue weighted by Gasteiger charge is 2.08. The van der Waals surface area contributed by atoms with Crippen LogP contribution in [0.4, 0.5) is 0 Å². The van der Waals surface area contributed by atoms with E-state index in [4.69, 9.17) is 14.3 Å². The lowest BCUT2D eigenvalue weighted by molar-refractivity contribution is 0.0696. The van der Waals surface area contributed by atoms with E-state index in [1.165, 1.54) is 12.3 Å². The molecule has 0 aliphatic rings. The molecule has 2 N–H and O–H groups in total. The molecular weight excluding hydrogens is 248 g/mol. The van der Waals surface area contributed by atoms with E-state index in [1.807, 2.05) is 12.1 Å². The minimum Gasteiger partial charge on any atom is -0.481 e. The Kier molecular flexibility index (Phi) is 4.15. The van der Waals surface area contributed by atoms with Gasteiger partial charge in [0.15, 0.2) is 0 Å². The van der Waals surface area contributed by atoms with Crippen molar-refractivity contribution in [1.29, 1.82) is 0 Å². The Bertz CT molecular complexity index is 565. The summed E-state index contributed by atoms with van der Waals surface area (Å²) in [5, 5.41) is 11.9. The number of carboxylic acids is 1. The summed E-state index contributed by atoms with van der Waals surface area (Å²) in [6.07, 6.45) is 2.89. The van der Waals surface area contributed by atoms with Gasteiger partial charge in [-0.05, 0) is 12.1 Å². The van der Waals surface area contributed by atoms with E-state index in [1.54, 1.807) is 13.3 Å². The third kappa shape index (κ3) is 3.32. The third-order valence-electron chi connectivity index (χ3n) is 2.56. The highest BCUT2D eigenvalue weighted by Crippen LogP contribution is 2.13. The highest BCUT2D eigenvalue weighted by molar-refractivity contribution is 5.87. The van der Waals surface area contributed by atoms with E-state index in [-0.39, 0.29) is 5.56 Å². The molecule has 2 heterocycles. The summed E-state index contributed by atoms with van der Waals surface area (Å²) in [4.78, 5) is 14.8. The van der Waals surface area contributed by atoms with Crippen LogP contribution in [0, 0.1) is 0 Å². The topological polar surface area (TPSA) is 84.6 Å². The maximum atomic E-state index is 10.7. The van der Waals surface area contributed by atoms with Gasteiger partial charge in [-0.2, -0.15) is 0 Å². The second-order valence-corrected chi connectivity index (χ2v) is 3.88. The maximum Gasteiger partial charge on any atom is 0.338 e. The standard InChI is InChI=1S/C13H14N2O4/c1-18-12-9(3-2-4-15-12)6-14-7-11-5-10(8-19-11)13(16)17/h2-5,8,14H,6-7H2,1H3,(H,16,17). The minimum absolute atomic E-state index is 0.149. The van der Waals surface area contributed by atoms with Crippen LogP contribution < -0.4 is 10.1 Å². The first kappa shape index (κ1) is 13.1. The van der Waals surface area contributed by atoms with E-state index >= 15 is 0 Å². The Morgan fingerprint density at radius 3 is 3.05 bits per heavy atom. The molecule has 2 aromatic heterocycles. The van der Waals surface area contributed by atoms with Gasteiger partial charge < -0.3 is 19.6 Å². The van der Waals surface area contributed by atoms with E-state index in [9.17, 15) is 4.79 Å². The van der Waals surface area contributed by atoms with Crippen molar-refractivity contribution in [2.75, 3.05) is 7.11 Å². The highest BCUT2D eigenvalue weighted by atomic mass is 16.5. The second-order valence-electron chi connectivity index (χ2n) is 3.88. The Balaban J connectivity index is 1.90. The largest absolute Gasteiger partial charge is 0.481 e. The van der Waals surface area contributed by atoms with Gasteiger partial charge in [0.1, 0.15) is 12.0 Å². The van der Waals surface area contributed by atoms with Crippen LogP contribution in [0.2, 0.25) is 0 Å². The molecule has 0 aliphatic heterocycles. The molecule has 0 atom stereocenters. The lowest BCUT2D eigenvalue weighted by Gasteiger charge is -2.07. The molecule has 0 spiro atoms. The zero-order valence-corrected chi connectivity index (χ0v) is 10.4. The zero-order chi connectivity index (χ0) is 13.7. The lowest BCUT2D eigenvalue weighted by Crippen LogP contribution is -2.13. The molecule has 0 aromatic carbocycles. The van der Waals surface area contributed by atoms with Gasteiger partial charge in [0.05, 0.1) is 19.2 Å². The Hall–Kier alpha value is -2.34. The van der Waals surface area contributed by atoms with Gasteiger partial charge in [-0.15, -0.1) is 0 Å². The Morgan fingerprint density at radius 2 is 2.37 bits per heavy atom. The number of aromatic carboxylic acids is 1. The summed E-state index contributed by atoms with van der Waals surface area (Å²) in [5.41, 5.74) is 1.07. The van der Waals surface area contributed by atoms with Crippen LogP contribution in [0.5, 0.6) is 5.88 Å². The molecule has 0 saturated carbocycles. The summed E-state index contributed by atoms with van der Waals surface area (Å²) in [5.74, 6) is 0.143. The smallest absolute Gasteiger partial charge is 0.338 e. The van der Waals surface area contributed by atoms with E-state index < -0.39 is 5.97 Å². The molecule has 0 aliphatic carbocycles. The van der Waals surface area contributed by atoms with Gasteiger partial charge >= 0.3 is 5.97 Å². The fourth-order valence-electron chi connectivity index (χ4n) is 1.65. The van der Waals surface area contributed by atoms with Crippen LogP contribution in [-0.4, -0.2) is 23.2 Å². The van der Waals surface area contributed by atoms with Crippen LogP contribution in [0.3, 0.4) is 0 Å². The number of carboxylic acid groups (broad SMARTS) is 1. The number of pyridine rings is 1. The van der Waals surface area contributed by atoms with Crippen molar-refractivity contribution >= 4 is 5.97 Å². The quantitative estimate of drug-likeness (QED) is 0.823. The Labute approximate surface area is 110 Å². The molecule has 19 heavy (non-hydrogen) atoms. The normalized spacial score (nSPS) is 10.4. The molecule has 0 amide bonds.